The number of nitrogens with two attached hydrogens (primary N) is 1. The Morgan fingerprint density at radius 2 is 2.25 bits per heavy atom. The summed E-state index contributed by atoms with van der Waals surface area (Å²) in [6.07, 6.45) is 0. The summed E-state index contributed by atoms with van der Waals surface area (Å²) in [6, 6.07) is 6.32. The lowest BCUT2D eigenvalue weighted by atomic mass is 10.2. The largest absolute Gasteiger partial charge is 0.326 e. The third-order valence-electron chi connectivity index (χ3n) is 1.83. The zero-order chi connectivity index (χ0) is 8.55. The van der Waals surface area contributed by atoms with E-state index in [1.807, 2.05) is 0 Å². The van der Waals surface area contributed by atoms with Gasteiger partial charge in [0.2, 0.25) is 0 Å². The van der Waals surface area contributed by atoms with Crippen molar-refractivity contribution in [3.63, 3.8) is 0 Å². The van der Waals surface area contributed by atoms with Gasteiger partial charge in [0.1, 0.15) is 0 Å². The zero-order valence-electron chi connectivity index (χ0n) is 6.38. The number of hydrogen-bond donors (Lipinski definition) is 1. The molecule has 2 N–H and O–H groups in total. The van der Waals surface area contributed by atoms with Crippen molar-refractivity contribution in [3.05, 3.63) is 33.6 Å². The zero-order valence-corrected chi connectivity index (χ0v) is 8.78. The highest BCUT2D eigenvalue weighted by Gasteiger charge is 2.00. The number of halogens is 1. The van der Waals surface area contributed by atoms with Crippen LogP contribution in [0.2, 0.25) is 0 Å². The van der Waals surface area contributed by atoms with Crippen LogP contribution >= 0.6 is 27.3 Å². The molecule has 1 aromatic heterocycles. The fraction of sp³-hybridized carbons (Fsp3) is 0.111. The van der Waals surface area contributed by atoms with Crippen LogP contribution in [0.15, 0.2) is 28.1 Å². The van der Waals surface area contributed by atoms with Crippen LogP contribution in [0.5, 0.6) is 0 Å². The van der Waals surface area contributed by atoms with Crippen molar-refractivity contribution in [2.45, 2.75) is 6.54 Å². The minimum Gasteiger partial charge on any atom is -0.326 e. The van der Waals surface area contributed by atoms with Gasteiger partial charge in [0, 0.05) is 26.5 Å². The van der Waals surface area contributed by atoms with Gasteiger partial charge >= 0.3 is 0 Å². The molecule has 0 unspecified atom stereocenters. The van der Waals surface area contributed by atoms with Crippen LogP contribution in [0, 0.1) is 0 Å². The lowest BCUT2D eigenvalue weighted by Gasteiger charge is -1.95. The molecule has 1 aromatic carbocycles. The van der Waals surface area contributed by atoms with Gasteiger partial charge in [-0.05, 0) is 27.6 Å². The first-order valence-electron chi connectivity index (χ1n) is 3.67. The lowest BCUT2D eigenvalue weighted by Crippen LogP contribution is -1.94. The first-order valence-corrected chi connectivity index (χ1v) is 5.34. The summed E-state index contributed by atoms with van der Waals surface area (Å²) in [7, 11) is 0. The molecule has 3 heteroatoms. The molecule has 0 fully saturated rings. The van der Waals surface area contributed by atoms with E-state index in [1.54, 1.807) is 11.3 Å². The van der Waals surface area contributed by atoms with E-state index in [9.17, 15) is 0 Å². The van der Waals surface area contributed by atoms with E-state index in [1.165, 1.54) is 20.1 Å². The van der Waals surface area contributed by atoms with Gasteiger partial charge in [-0.2, -0.15) is 0 Å². The second-order valence-corrected chi connectivity index (χ2v) is 4.38. The van der Waals surface area contributed by atoms with Gasteiger partial charge < -0.3 is 5.73 Å². The minimum atomic E-state index is 0.617. The summed E-state index contributed by atoms with van der Waals surface area (Å²) in [5.74, 6) is 0. The molecule has 0 saturated carbocycles. The second kappa shape index (κ2) is 3.17. The van der Waals surface area contributed by atoms with E-state index < -0.39 is 0 Å². The molecule has 2 rings (SSSR count). The predicted octanol–water partition coefficient (Wildman–Crippen LogP) is 3.12. The summed E-state index contributed by atoms with van der Waals surface area (Å²) in [5, 5.41) is 3.38. The monoisotopic (exact) mass is 241 g/mol. The number of hydrogen-bond acceptors (Lipinski definition) is 2. The molecule has 0 aliphatic heterocycles. The fourth-order valence-electron chi connectivity index (χ4n) is 1.17. The van der Waals surface area contributed by atoms with E-state index in [0.717, 1.165) is 0 Å². The lowest BCUT2D eigenvalue weighted by molar-refractivity contribution is 1.08. The Labute approximate surface area is 83.3 Å². The van der Waals surface area contributed by atoms with Crippen LogP contribution in [-0.2, 0) is 6.54 Å². The topological polar surface area (TPSA) is 26.0 Å². The Hall–Kier alpha value is -0.380. The average molecular weight is 242 g/mol. The molecule has 0 amide bonds. The molecular weight excluding hydrogens is 234 g/mol. The molecule has 0 bridgehead atoms. The average Bonchev–Trinajstić information content (AvgIpc) is 2.47. The van der Waals surface area contributed by atoms with Gasteiger partial charge in [-0.3, -0.25) is 0 Å². The molecule has 1 heterocycles. The first kappa shape index (κ1) is 8.23. The molecule has 62 valence electrons. The third-order valence-corrected chi connectivity index (χ3v) is 3.73. The molecule has 12 heavy (non-hydrogen) atoms. The van der Waals surface area contributed by atoms with E-state index in [0.29, 0.717) is 6.54 Å². The van der Waals surface area contributed by atoms with Crippen molar-refractivity contribution >= 4 is 37.4 Å². The Morgan fingerprint density at radius 1 is 1.42 bits per heavy atom. The first-order chi connectivity index (χ1) is 5.81. The third kappa shape index (κ3) is 1.28. The highest BCUT2D eigenvalue weighted by Crippen LogP contribution is 2.30. The van der Waals surface area contributed by atoms with E-state index in [2.05, 4.69) is 39.5 Å². The van der Waals surface area contributed by atoms with Gasteiger partial charge in [0.15, 0.2) is 0 Å². The van der Waals surface area contributed by atoms with Crippen LogP contribution in [0.1, 0.15) is 5.56 Å². The van der Waals surface area contributed by atoms with E-state index in [-0.39, 0.29) is 0 Å². The van der Waals surface area contributed by atoms with Crippen LogP contribution in [-0.4, -0.2) is 0 Å². The molecule has 2 aromatic rings. The van der Waals surface area contributed by atoms with Crippen molar-refractivity contribution in [1.29, 1.82) is 0 Å². The smallest absolute Gasteiger partial charge is 0.0361 e. The highest BCUT2D eigenvalue weighted by atomic mass is 79.9. The Morgan fingerprint density at radius 3 is 3.00 bits per heavy atom. The molecule has 1 nitrogen and oxygen atoms in total. The number of benzene rings is 1. The standard InChI is InChI=1S/C9H8BrNS/c10-8-5-12-9-3-6(4-11)1-2-7(8)9/h1-3,5H,4,11H2. The number of thiophene rings is 1. The summed E-state index contributed by atoms with van der Waals surface area (Å²) in [5.41, 5.74) is 6.73. The fourth-order valence-corrected chi connectivity index (χ4v) is 2.81. The van der Waals surface area contributed by atoms with Crippen molar-refractivity contribution in [2.24, 2.45) is 5.73 Å². The Kier molecular flexibility index (Phi) is 2.17. The quantitative estimate of drug-likeness (QED) is 0.816. The molecule has 0 atom stereocenters. The minimum absolute atomic E-state index is 0.617. The van der Waals surface area contributed by atoms with Gasteiger partial charge in [-0.25, -0.2) is 0 Å². The van der Waals surface area contributed by atoms with Crippen LogP contribution in [0.3, 0.4) is 0 Å². The van der Waals surface area contributed by atoms with Crippen LogP contribution < -0.4 is 5.73 Å². The molecule has 0 spiro atoms. The highest BCUT2D eigenvalue weighted by molar-refractivity contribution is 9.10. The molecule has 0 radical (unpaired) electrons. The molecule has 0 aliphatic rings. The maximum Gasteiger partial charge on any atom is 0.0361 e. The van der Waals surface area contributed by atoms with Crippen molar-refractivity contribution in [2.75, 3.05) is 0 Å². The van der Waals surface area contributed by atoms with Gasteiger partial charge in [0.25, 0.3) is 0 Å². The van der Waals surface area contributed by atoms with Gasteiger partial charge in [-0.15, -0.1) is 11.3 Å². The predicted molar refractivity (Wildman–Crippen MR) is 57.4 cm³/mol. The van der Waals surface area contributed by atoms with Gasteiger partial charge in [0.05, 0.1) is 0 Å². The van der Waals surface area contributed by atoms with E-state index in [4.69, 9.17) is 5.73 Å². The normalized spacial score (nSPS) is 10.8. The van der Waals surface area contributed by atoms with Crippen molar-refractivity contribution in [3.8, 4) is 0 Å². The Balaban J connectivity index is 2.69. The summed E-state index contributed by atoms with van der Waals surface area (Å²) in [6.45, 7) is 0.617. The summed E-state index contributed by atoms with van der Waals surface area (Å²) in [4.78, 5) is 0. The van der Waals surface area contributed by atoms with Crippen molar-refractivity contribution in [1.82, 2.24) is 0 Å². The molecule has 0 aliphatic carbocycles. The SMILES string of the molecule is NCc1ccc2c(Br)csc2c1. The Bertz CT molecular complexity index is 408. The molecule has 0 saturated heterocycles. The maximum atomic E-state index is 5.54. The van der Waals surface area contributed by atoms with Crippen molar-refractivity contribution < 1.29 is 0 Å². The summed E-state index contributed by atoms with van der Waals surface area (Å²) < 4.78 is 2.47. The summed E-state index contributed by atoms with van der Waals surface area (Å²) >= 11 is 5.23. The maximum absolute atomic E-state index is 5.54. The van der Waals surface area contributed by atoms with Gasteiger partial charge in [-0.1, -0.05) is 12.1 Å². The van der Waals surface area contributed by atoms with Crippen LogP contribution in [0.4, 0.5) is 0 Å². The molecular formula is C9H8BrNS. The number of rotatable bonds is 1. The van der Waals surface area contributed by atoms with Crippen LogP contribution in [0.25, 0.3) is 10.1 Å². The number of fused-ring (bicyclic) bond motifs is 1. The van der Waals surface area contributed by atoms with E-state index >= 15 is 0 Å². The second-order valence-electron chi connectivity index (χ2n) is 2.62.